The van der Waals surface area contributed by atoms with Crippen molar-refractivity contribution < 1.29 is 37.3 Å². The second-order valence-electron chi connectivity index (χ2n) is 4.96. The number of carbonyl (C=O) groups is 1. The van der Waals surface area contributed by atoms with Crippen molar-refractivity contribution in [3.05, 3.63) is 42.0 Å². The van der Waals surface area contributed by atoms with Crippen molar-refractivity contribution in [2.45, 2.75) is 6.18 Å². The first kappa shape index (κ1) is 16.0. The van der Waals surface area contributed by atoms with E-state index in [9.17, 15) is 18.0 Å². The minimum atomic E-state index is -4.53. The van der Waals surface area contributed by atoms with Crippen LogP contribution >= 0.6 is 0 Å². The number of fused-ring (bicyclic) bond motifs is 1. The molecule has 2 aromatic carbocycles. The smallest absolute Gasteiger partial charge is 0.416 e. The summed E-state index contributed by atoms with van der Waals surface area (Å²) >= 11 is 0. The van der Waals surface area contributed by atoms with E-state index >= 15 is 0 Å². The van der Waals surface area contributed by atoms with Crippen LogP contribution in [0.4, 0.5) is 13.2 Å². The number of ether oxygens (including phenoxy) is 3. The number of halogens is 3. The average molecular weight is 340 g/mol. The van der Waals surface area contributed by atoms with Crippen LogP contribution in [0.5, 0.6) is 17.2 Å². The molecule has 8 heteroatoms. The van der Waals surface area contributed by atoms with Gasteiger partial charge in [-0.2, -0.15) is 13.2 Å². The van der Waals surface area contributed by atoms with E-state index in [0.717, 1.165) is 18.2 Å². The molecule has 24 heavy (non-hydrogen) atoms. The number of carboxylic acid groups (broad SMARTS) is 1. The molecule has 3 rings (SSSR count). The van der Waals surface area contributed by atoms with Gasteiger partial charge in [0.2, 0.25) is 6.79 Å². The molecule has 1 aliphatic rings. The minimum absolute atomic E-state index is 0.0315. The van der Waals surface area contributed by atoms with Gasteiger partial charge in [-0.05, 0) is 35.9 Å². The quantitative estimate of drug-likeness (QED) is 0.922. The summed E-state index contributed by atoms with van der Waals surface area (Å²) in [6.45, 7) is -0.632. The zero-order valence-corrected chi connectivity index (χ0v) is 12.1. The Labute approximate surface area is 134 Å². The third kappa shape index (κ3) is 3.22. The van der Waals surface area contributed by atoms with Crippen molar-refractivity contribution in [2.24, 2.45) is 0 Å². The van der Waals surface area contributed by atoms with E-state index in [-0.39, 0.29) is 18.1 Å². The normalized spacial score (nSPS) is 13.0. The fourth-order valence-corrected chi connectivity index (χ4v) is 2.26. The zero-order chi connectivity index (χ0) is 17.3. The van der Waals surface area contributed by atoms with Crippen molar-refractivity contribution in [3.8, 4) is 28.4 Å². The SMILES string of the molecule is O=C(O)COc1ccc(C(F)(F)F)cc1-c1ccc2c(c1)OCO2. The largest absolute Gasteiger partial charge is 0.481 e. The monoisotopic (exact) mass is 340 g/mol. The summed E-state index contributed by atoms with van der Waals surface area (Å²) in [5.41, 5.74) is -0.354. The third-order valence-corrected chi connectivity index (χ3v) is 3.34. The van der Waals surface area contributed by atoms with Crippen molar-refractivity contribution in [1.82, 2.24) is 0 Å². The third-order valence-electron chi connectivity index (χ3n) is 3.34. The topological polar surface area (TPSA) is 65.0 Å². The summed E-state index contributed by atoms with van der Waals surface area (Å²) in [5, 5.41) is 8.71. The average Bonchev–Trinajstić information content (AvgIpc) is 2.99. The number of hydrogen-bond acceptors (Lipinski definition) is 4. The van der Waals surface area contributed by atoms with Gasteiger partial charge in [0.15, 0.2) is 18.1 Å². The number of rotatable bonds is 4. The molecule has 0 aliphatic carbocycles. The highest BCUT2D eigenvalue weighted by atomic mass is 19.4. The Balaban J connectivity index is 2.06. The summed E-state index contributed by atoms with van der Waals surface area (Å²) in [6, 6.07) is 7.50. The van der Waals surface area contributed by atoms with Gasteiger partial charge in [0.25, 0.3) is 0 Å². The lowest BCUT2D eigenvalue weighted by Gasteiger charge is -2.14. The van der Waals surface area contributed by atoms with Crippen LogP contribution in [0.1, 0.15) is 5.56 Å². The molecule has 0 atom stereocenters. The standard InChI is InChI=1S/C16H11F3O5/c17-16(18,19)10-2-4-12(22-7-15(20)21)11(6-10)9-1-3-13-14(5-9)24-8-23-13/h1-6H,7-8H2,(H,20,21). The predicted molar refractivity (Wildman–Crippen MR) is 76.1 cm³/mol. The van der Waals surface area contributed by atoms with E-state index in [1.54, 1.807) is 12.1 Å². The molecule has 5 nitrogen and oxygen atoms in total. The molecule has 0 radical (unpaired) electrons. The van der Waals surface area contributed by atoms with E-state index in [1.165, 1.54) is 6.07 Å². The van der Waals surface area contributed by atoms with Crippen LogP contribution in [0.2, 0.25) is 0 Å². The molecule has 2 aromatic rings. The summed E-state index contributed by atoms with van der Waals surface area (Å²) in [6.07, 6.45) is -4.53. The lowest BCUT2D eigenvalue weighted by Crippen LogP contribution is -2.11. The van der Waals surface area contributed by atoms with Gasteiger partial charge < -0.3 is 19.3 Å². The molecular formula is C16H11F3O5. The second kappa shape index (κ2) is 5.95. The molecular weight excluding hydrogens is 329 g/mol. The highest BCUT2D eigenvalue weighted by Crippen LogP contribution is 2.41. The van der Waals surface area contributed by atoms with Gasteiger partial charge in [0.1, 0.15) is 5.75 Å². The van der Waals surface area contributed by atoms with Crippen LogP contribution in [0.25, 0.3) is 11.1 Å². The van der Waals surface area contributed by atoms with Crippen LogP contribution in [-0.2, 0) is 11.0 Å². The van der Waals surface area contributed by atoms with Gasteiger partial charge in [-0.25, -0.2) is 4.79 Å². The van der Waals surface area contributed by atoms with Gasteiger partial charge in [-0.3, -0.25) is 0 Å². The molecule has 0 aromatic heterocycles. The highest BCUT2D eigenvalue weighted by molar-refractivity contribution is 5.75. The molecule has 0 amide bonds. The molecule has 0 bridgehead atoms. The van der Waals surface area contributed by atoms with Crippen LogP contribution in [0.3, 0.4) is 0 Å². The van der Waals surface area contributed by atoms with E-state index in [0.29, 0.717) is 17.1 Å². The van der Waals surface area contributed by atoms with Gasteiger partial charge in [0.05, 0.1) is 5.56 Å². The molecule has 0 saturated heterocycles. The van der Waals surface area contributed by atoms with E-state index in [4.69, 9.17) is 19.3 Å². The lowest BCUT2D eigenvalue weighted by atomic mass is 10.0. The minimum Gasteiger partial charge on any atom is -0.481 e. The van der Waals surface area contributed by atoms with Crippen LogP contribution in [-0.4, -0.2) is 24.5 Å². The number of aliphatic carboxylic acids is 1. The molecule has 1 N–H and O–H groups in total. The van der Waals surface area contributed by atoms with Crippen molar-refractivity contribution in [1.29, 1.82) is 0 Å². The zero-order valence-electron chi connectivity index (χ0n) is 12.1. The van der Waals surface area contributed by atoms with Gasteiger partial charge in [-0.1, -0.05) is 6.07 Å². The predicted octanol–water partition coefficient (Wildman–Crippen LogP) is 3.56. The molecule has 1 heterocycles. The Morgan fingerprint density at radius 2 is 1.88 bits per heavy atom. The molecule has 1 aliphatic heterocycles. The Kier molecular flexibility index (Phi) is 3.96. The maximum atomic E-state index is 13.0. The molecule has 0 unspecified atom stereocenters. The maximum Gasteiger partial charge on any atom is 0.416 e. The van der Waals surface area contributed by atoms with Crippen molar-refractivity contribution in [3.63, 3.8) is 0 Å². The van der Waals surface area contributed by atoms with E-state index < -0.39 is 24.3 Å². The van der Waals surface area contributed by atoms with E-state index in [1.807, 2.05) is 0 Å². The summed E-state index contributed by atoms with van der Waals surface area (Å²) in [5.74, 6) is -0.316. The van der Waals surface area contributed by atoms with Crippen LogP contribution in [0.15, 0.2) is 36.4 Å². The molecule has 126 valence electrons. The van der Waals surface area contributed by atoms with Crippen molar-refractivity contribution in [2.75, 3.05) is 13.4 Å². The number of hydrogen-bond donors (Lipinski definition) is 1. The fraction of sp³-hybridized carbons (Fsp3) is 0.188. The lowest BCUT2D eigenvalue weighted by molar-refractivity contribution is -0.140. The van der Waals surface area contributed by atoms with Crippen LogP contribution < -0.4 is 14.2 Å². The van der Waals surface area contributed by atoms with E-state index in [2.05, 4.69) is 0 Å². The first-order valence-electron chi connectivity index (χ1n) is 6.80. The number of carboxylic acids is 1. The van der Waals surface area contributed by atoms with Gasteiger partial charge in [0, 0.05) is 5.56 Å². The number of benzene rings is 2. The molecule has 0 spiro atoms. The van der Waals surface area contributed by atoms with Crippen molar-refractivity contribution >= 4 is 5.97 Å². The van der Waals surface area contributed by atoms with Gasteiger partial charge >= 0.3 is 12.1 Å². The fourth-order valence-electron chi connectivity index (χ4n) is 2.26. The summed E-state index contributed by atoms with van der Waals surface area (Å²) in [7, 11) is 0. The Bertz CT molecular complexity index is 786. The Hall–Kier alpha value is -2.90. The molecule has 0 fully saturated rings. The molecule has 0 saturated carbocycles. The van der Waals surface area contributed by atoms with Gasteiger partial charge in [-0.15, -0.1) is 0 Å². The first-order chi connectivity index (χ1) is 11.3. The Morgan fingerprint density at radius 3 is 2.58 bits per heavy atom. The number of alkyl halides is 3. The van der Waals surface area contributed by atoms with Crippen LogP contribution in [0, 0.1) is 0 Å². The highest BCUT2D eigenvalue weighted by Gasteiger charge is 2.31. The first-order valence-corrected chi connectivity index (χ1v) is 6.80. The Morgan fingerprint density at radius 1 is 1.12 bits per heavy atom. The maximum absolute atomic E-state index is 13.0. The second-order valence-corrected chi connectivity index (χ2v) is 4.96. The summed E-state index contributed by atoms with van der Waals surface area (Å²) in [4.78, 5) is 10.7. The summed E-state index contributed by atoms with van der Waals surface area (Å²) < 4.78 is 54.4.